The van der Waals surface area contributed by atoms with Gasteiger partial charge in [-0.3, -0.25) is 9.59 Å². The van der Waals surface area contributed by atoms with Crippen LogP contribution in [0.1, 0.15) is 88.9 Å². The van der Waals surface area contributed by atoms with Gasteiger partial charge in [0.1, 0.15) is 0 Å². The van der Waals surface area contributed by atoms with Crippen molar-refractivity contribution in [2.75, 3.05) is 36.4 Å². The van der Waals surface area contributed by atoms with Gasteiger partial charge in [-0.25, -0.2) is 0 Å². The molecule has 172 valence electrons. The number of hydrogen-bond donors (Lipinski definition) is 1. The highest BCUT2D eigenvalue weighted by molar-refractivity contribution is 6.02. The van der Waals surface area contributed by atoms with E-state index < -0.39 is 0 Å². The molecule has 2 heterocycles. The van der Waals surface area contributed by atoms with E-state index in [1.807, 2.05) is 17.0 Å². The molecule has 1 atom stereocenters. The first-order chi connectivity index (χ1) is 15.0. The van der Waals surface area contributed by atoms with Crippen molar-refractivity contribution in [3.8, 4) is 0 Å². The van der Waals surface area contributed by atoms with Crippen molar-refractivity contribution < 1.29 is 9.59 Å². The number of piperidine rings is 2. The molecule has 0 bridgehead atoms. The molecular weight excluding hydrogens is 386 g/mol. The third-order valence-electron chi connectivity index (χ3n) is 7.03. The monoisotopic (exact) mass is 427 g/mol. The number of rotatable bonds is 8. The van der Waals surface area contributed by atoms with Crippen LogP contribution < -0.4 is 10.2 Å². The second kappa shape index (κ2) is 11.5. The molecule has 5 heteroatoms. The largest absolute Gasteiger partial charge is 0.371 e. The molecule has 5 nitrogen and oxygen atoms in total. The SMILES string of the molecule is CCCCC(CC)C(=O)Nc1ccc(N2CCC(C)CC2)c(C(=O)N2CCCCC2)c1. The average molecular weight is 428 g/mol. The van der Waals surface area contributed by atoms with Crippen molar-refractivity contribution in [1.29, 1.82) is 0 Å². The fourth-order valence-electron chi connectivity index (χ4n) is 4.79. The summed E-state index contributed by atoms with van der Waals surface area (Å²) in [6.07, 6.45) is 9.60. The van der Waals surface area contributed by atoms with E-state index >= 15 is 0 Å². The first kappa shape index (κ1) is 23.6. The molecule has 0 spiro atoms. The van der Waals surface area contributed by atoms with Gasteiger partial charge in [0, 0.05) is 43.5 Å². The van der Waals surface area contributed by atoms with Gasteiger partial charge in [-0.2, -0.15) is 0 Å². The first-order valence-electron chi connectivity index (χ1n) is 12.5. The number of carbonyl (C=O) groups is 2. The zero-order valence-corrected chi connectivity index (χ0v) is 19.8. The lowest BCUT2D eigenvalue weighted by Gasteiger charge is -2.35. The zero-order valence-electron chi connectivity index (χ0n) is 19.8. The summed E-state index contributed by atoms with van der Waals surface area (Å²) in [6, 6.07) is 5.95. The van der Waals surface area contributed by atoms with Gasteiger partial charge in [0.05, 0.1) is 5.56 Å². The maximum Gasteiger partial charge on any atom is 0.256 e. The number of benzene rings is 1. The fraction of sp³-hybridized carbons (Fsp3) is 0.692. The van der Waals surface area contributed by atoms with Crippen LogP contribution in [0, 0.1) is 11.8 Å². The van der Waals surface area contributed by atoms with E-state index in [9.17, 15) is 9.59 Å². The molecule has 0 aliphatic carbocycles. The molecule has 2 amide bonds. The Balaban J connectivity index is 1.83. The van der Waals surface area contributed by atoms with Gasteiger partial charge in [0.15, 0.2) is 0 Å². The lowest BCUT2D eigenvalue weighted by Crippen LogP contribution is -2.38. The van der Waals surface area contributed by atoms with Crippen LogP contribution in [-0.2, 0) is 4.79 Å². The Morgan fingerprint density at radius 3 is 2.42 bits per heavy atom. The second-order valence-electron chi connectivity index (χ2n) is 9.49. The maximum atomic E-state index is 13.5. The van der Waals surface area contributed by atoms with Crippen LogP contribution in [0.25, 0.3) is 0 Å². The molecule has 0 saturated carbocycles. The lowest BCUT2D eigenvalue weighted by atomic mass is 9.97. The topological polar surface area (TPSA) is 52.7 Å². The van der Waals surface area contributed by atoms with Crippen molar-refractivity contribution in [2.24, 2.45) is 11.8 Å². The summed E-state index contributed by atoms with van der Waals surface area (Å²) in [4.78, 5) is 30.7. The van der Waals surface area contributed by atoms with E-state index in [0.717, 1.165) is 100 Å². The van der Waals surface area contributed by atoms with E-state index in [1.165, 1.54) is 6.42 Å². The molecule has 0 radical (unpaired) electrons. The van der Waals surface area contributed by atoms with Crippen LogP contribution in [0.5, 0.6) is 0 Å². The number of nitrogens with one attached hydrogen (secondary N) is 1. The van der Waals surface area contributed by atoms with Crippen molar-refractivity contribution in [2.45, 2.75) is 78.6 Å². The molecule has 2 aliphatic rings. The number of nitrogens with zero attached hydrogens (tertiary/aromatic N) is 2. The molecule has 1 aromatic carbocycles. The van der Waals surface area contributed by atoms with Crippen molar-refractivity contribution >= 4 is 23.2 Å². The van der Waals surface area contributed by atoms with Gasteiger partial charge in [-0.1, -0.05) is 33.6 Å². The molecule has 1 N–H and O–H groups in total. The predicted molar refractivity (Wildman–Crippen MR) is 129 cm³/mol. The molecular formula is C26H41N3O2. The fourth-order valence-corrected chi connectivity index (χ4v) is 4.79. The smallest absolute Gasteiger partial charge is 0.256 e. The standard InChI is InChI=1S/C26H41N3O2/c1-4-6-10-21(5-2)25(30)27-22-11-12-24(28-17-13-20(3)14-18-28)23(19-22)26(31)29-15-8-7-9-16-29/h11-12,19-21H,4-10,13-18H2,1-3H3,(H,27,30). The Morgan fingerprint density at radius 2 is 1.77 bits per heavy atom. The van der Waals surface area contributed by atoms with Crippen LogP contribution >= 0.6 is 0 Å². The van der Waals surface area contributed by atoms with Crippen LogP contribution in [0.3, 0.4) is 0 Å². The van der Waals surface area contributed by atoms with E-state index in [4.69, 9.17) is 0 Å². The number of carbonyl (C=O) groups excluding carboxylic acids is 2. The number of amides is 2. The maximum absolute atomic E-state index is 13.5. The highest BCUT2D eigenvalue weighted by Crippen LogP contribution is 2.30. The minimum atomic E-state index is 0.0319. The number of unbranched alkanes of at least 4 members (excludes halogenated alkanes) is 1. The van der Waals surface area contributed by atoms with Gasteiger partial charge in [-0.05, 0) is 69.1 Å². The van der Waals surface area contributed by atoms with Crippen molar-refractivity contribution in [3.05, 3.63) is 23.8 Å². The minimum Gasteiger partial charge on any atom is -0.371 e. The molecule has 3 rings (SSSR count). The van der Waals surface area contributed by atoms with Gasteiger partial charge >= 0.3 is 0 Å². The summed E-state index contributed by atoms with van der Waals surface area (Å²) < 4.78 is 0. The van der Waals surface area contributed by atoms with E-state index in [-0.39, 0.29) is 17.7 Å². The molecule has 2 fully saturated rings. The van der Waals surface area contributed by atoms with Crippen LogP contribution in [-0.4, -0.2) is 42.9 Å². The zero-order chi connectivity index (χ0) is 22.2. The molecule has 0 aromatic heterocycles. The molecule has 1 aromatic rings. The Kier molecular flexibility index (Phi) is 8.79. The Morgan fingerprint density at radius 1 is 1.06 bits per heavy atom. The quantitative estimate of drug-likeness (QED) is 0.579. The minimum absolute atomic E-state index is 0.0319. The van der Waals surface area contributed by atoms with Gasteiger partial charge < -0.3 is 15.1 Å². The van der Waals surface area contributed by atoms with Crippen molar-refractivity contribution in [3.63, 3.8) is 0 Å². The van der Waals surface area contributed by atoms with E-state index in [2.05, 4.69) is 37.1 Å². The molecule has 1 unspecified atom stereocenters. The third-order valence-corrected chi connectivity index (χ3v) is 7.03. The van der Waals surface area contributed by atoms with Crippen molar-refractivity contribution in [1.82, 2.24) is 4.90 Å². The second-order valence-corrected chi connectivity index (χ2v) is 9.49. The highest BCUT2D eigenvalue weighted by atomic mass is 16.2. The number of likely N-dealkylation sites (tertiary alicyclic amines) is 1. The number of anilines is 2. The highest BCUT2D eigenvalue weighted by Gasteiger charge is 2.26. The summed E-state index contributed by atoms with van der Waals surface area (Å²) in [6.45, 7) is 10.2. The van der Waals surface area contributed by atoms with Gasteiger partial charge in [0.25, 0.3) is 5.91 Å². The summed E-state index contributed by atoms with van der Waals surface area (Å²) in [7, 11) is 0. The predicted octanol–water partition coefficient (Wildman–Crippen LogP) is 5.70. The molecule has 2 aliphatic heterocycles. The Bertz CT molecular complexity index is 734. The summed E-state index contributed by atoms with van der Waals surface area (Å²) in [5.41, 5.74) is 2.52. The lowest BCUT2D eigenvalue weighted by molar-refractivity contribution is -0.120. The first-order valence-corrected chi connectivity index (χ1v) is 12.5. The summed E-state index contributed by atoms with van der Waals surface area (Å²) >= 11 is 0. The Hall–Kier alpha value is -2.04. The molecule has 31 heavy (non-hydrogen) atoms. The normalized spacial score (nSPS) is 18.7. The van der Waals surface area contributed by atoms with Gasteiger partial charge in [0.2, 0.25) is 5.91 Å². The average Bonchev–Trinajstić information content (AvgIpc) is 2.80. The summed E-state index contributed by atoms with van der Waals surface area (Å²) in [5.74, 6) is 0.962. The van der Waals surface area contributed by atoms with E-state index in [0.29, 0.717) is 0 Å². The Labute approximate surface area is 188 Å². The van der Waals surface area contributed by atoms with E-state index in [1.54, 1.807) is 0 Å². The van der Waals surface area contributed by atoms with Gasteiger partial charge in [-0.15, -0.1) is 0 Å². The molecule has 2 saturated heterocycles. The van der Waals surface area contributed by atoms with Crippen LogP contribution in [0.15, 0.2) is 18.2 Å². The van der Waals surface area contributed by atoms with Crippen LogP contribution in [0.4, 0.5) is 11.4 Å². The number of hydrogen-bond acceptors (Lipinski definition) is 3. The third kappa shape index (κ3) is 6.24. The summed E-state index contributed by atoms with van der Waals surface area (Å²) in [5, 5.41) is 3.11. The van der Waals surface area contributed by atoms with Crippen LogP contribution in [0.2, 0.25) is 0 Å².